The van der Waals surface area contributed by atoms with E-state index in [-0.39, 0.29) is 0 Å². The molecule has 1 heterocycles. The number of rotatable bonds is 4. The lowest BCUT2D eigenvalue weighted by atomic mass is 10.1. The number of pyridine rings is 1. The maximum atomic E-state index is 5.83. The number of nitrogens with zero attached hydrogens (tertiary/aromatic N) is 2. The molecule has 0 atom stereocenters. The summed E-state index contributed by atoms with van der Waals surface area (Å²) in [4.78, 5) is 8.73. The van der Waals surface area contributed by atoms with Gasteiger partial charge in [-0.25, -0.2) is 4.99 Å². The van der Waals surface area contributed by atoms with Gasteiger partial charge >= 0.3 is 0 Å². The number of ether oxygens (including phenoxy) is 1. The molecule has 0 amide bonds. The Labute approximate surface area is 123 Å². The van der Waals surface area contributed by atoms with Crippen LogP contribution < -0.4 is 10.5 Å². The first kappa shape index (κ1) is 14.4. The minimum Gasteiger partial charge on any atom is -0.497 e. The van der Waals surface area contributed by atoms with E-state index in [1.807, 2.05) is 43.3 Å². The lowest BCUT2D eigenvalue weighted by Gasteiger charge is -2.05. The first-order valence-corrected chi connectivity index (χ1v) is 7.29. The van der Waals surface area contributed by atoms with Gasteiger partial charge in [-0.3, -0.25) is 4.98 Å². The first-order chi connectivity index (χ1) is 9.72. The van der Waals surface area contributed by atoms with E-state index in [1.54, 1.807) is 13.3 Å². The second-order valence-corrected chi connectivity index (χ2v) is 5.30. The van der Waals surface area contributed by atoms with E-state index in [1.165, 1.54) is 11.8 Å². The zero-order chi connectivity index (χ0) is 14.4. The molecule has 0 bridgehead atoms. The van der Waals surface area contributed by atoms with Gasteiger partial charge in [0.1, 0.15) is 5.75 Å². The summed E-state index contributed by atoms with van der Waals surface area (Å²) >= 11 is 1.53. The molecule has 0 radical (unpaired) electrons. The molecule has 104 valence electrons. The third-order valence-corrected chi connectivity index (χ3v) is 3.32. The van der Waals surface area contributed by atoms with Crippen LogP contribution in [0.15, 0.2) is 47.6 Å². The average Bonchev–Trinajstić information content (AvgIpc) is 2.48. The second kappa shape index (κ2) is 6.96. The third kappa shape index (κ3) is 3.74. The maximum absolute atomic E-state index is 5.83. The number of aromatic nitrogens is 1. The normalized spacial score (nSPS) is 11.4. The smallest absolute Gasteiger partial charge is 0.159 e. The van der Waals surface area contributed by atoms with Gasteiger partial charge < -0.3 is 10.5 Å². The van der Waals surface area contributed by atoms with Gasteiger partial charge in [-0.05, 0) is 24.0 Å². The highest BCUT2D eigenvalue weighted by atomic mass is 32.2. The number of hydrogen-bond donors (Lipinski definition) is 1. The van der Waals surface area contributed by atoms with Crippen molar-refractivity contribution >= 4 is 22.6 Å². The van der Waals surface area contributed by atoms with Gasteiger partial charge in [0, 0.05) is 17.8 Å². The lowest BCUT2D eigenvalue weighted by Crippen LogP contribution is -2.05. The van der Waals surface area contributed by atoms with Gasteiger partial charge in [0.2, 0.25) is 0 Å². The van der Waals surface area contributed by atoms with Gasteiger partial charge in [0.05, 0.1) is 18.5 Å². The highest BCUT2D eigenvalue weighted by Gasteiger charge is 2.02. The molecule has 20 heavy (non-hydrogen) atoms. The molecule has 0 spiro atoms. The summed E-state index contributed by atoms with van der Waals surface area (Å²) in [6, 6.07) is 11.5. The van der Waals surface area contributed by atoms with Crippen molar-refractivity contribution < 1.29 is 4.74 Å². The fraction of sp³-hybridized carbons (Fsp3) is 0.200. The molecule has 2 rings (SSSR count). The molecule has 2 N–H and O–H groups in total. The summed E-state index contributed by atoms with van der Waals surface area (Å²) in [5.74, 6) is 1.69. The predicted octanol–water partition coefficient (Wildman–Crippen LogP) is 3.46. The Balaban J connectivity index is 2.31. The summed E-state index contributed by atoms with van der Waals surface area (Å²) in [6.45, 7) is 2.05. The van der Waals surface area contributed by atoms with Crippen LogP contribution in [0, 0.1) is 0 Å². The Morgan fingerprint density at radius 1 is 1.35 bits per heavy atom. The van der Waals surface area contributed by atoms with Crippen molar-refractivity contribution in [3.05, 3.63) is 42.6 Å². The molecular weight excluding hydrogens is 270 g/mol. The Kier molecular flexibility index (Phi) is 5.01. The predicted molar refractivity (Wildman–Crippen MR) is 85.6 cm³/mol. The molecule has 1 aromatic carbocycles. The van der Waals surface area contributed by atoms with Crippen molar-refractivity contribution in [3.8, 4) is 17.0 Å². The topological polar surface area (TPSA) is 60.5 Å². The van der Waals surface area contributed by atoms with E-state index in [9.17, 15) is 0 Å². The lowest BCUT2D eigenvalue weighted by molar-refractivity contribution is 0.414. The summed E-state index contributed by atoms with van der Waals surface area (Å²) in [7, 11) is 1.64. The maximum Gasteiger partial charge on any atom is 0.159 e. The van der Waals surface area contributed by atoms with E-state index in [4.69, 9.17) is 10.5 Å². The molecule has 4 nitrogen and oxygen atoms in total. The molecular formula is C15H17N3OS. The number of methoxy groups -OCH3 is 1. The van der Waals surface area contributed by atoms with E-state index < -0.39 is 0 Å². The first-order valence-electron chi connectivity index (χ1n) is 6.30. The van der Waals surface area contributed by atoms with Gasteiger partial charge in [0.15, 0.2) is 5.17 Å². The number of hydrogen-bond acceptors (Lipinski definition) is 4. The molecule has 1 aromatic heterocycles. The van der Waals surface area contributed by atoms with Crippen molar-refractivity contribution in [3.63, 3.8) is 0 Å². The molecule has 0 aliphatic carbocycles. The van der Waals surface area contributed by atoms with Crippen LogP contribution >= 0.6 is 11.8 Å². The van der Waals surface area contributed by atoms with Crippen LogP contribution in [0.3, 0.4) is 0 Å². The Morgan fingerprint density at radius 3 is 2.95 bits per heavy atom. The Bertz CT molecular complexity index is 614. The van der Waals surface area contributed by atoms with Crippen molar-refractivity contribution in [2.24, 2.45) is 10.7 Å². The molecule has 0 saturated heterocycles. The van der Waals surface area contributed by atoms with Gasteiger partial charge in [-0.1, -0.05) is 30.8 Å². The molecule has 0 aliphatic heterocycles. The van der Waals surface area contributed by atoms with Gasteiger partial charge in [0.25, 0.3) is 0 Å². The molecule has 0 unspecified atom stereocenters. The minimum atomic E-state index is 0.572. The van der Waals surface area contributed by atoms with Crippen LogP contribution in [0.4, 0.5) is 5.69 Å². The van der Waals surface area contributed by atoms with E-state index >= 15 is 0 Å². The monoisotopic (exact) mass is 287 g/mol. The van der Waals surface area contributed by atoms with Crippen LogP contribution in [0.2, 0.25) is 0 Å². The quantitative estimate of drug-likeness (QED) is 0.691. The van der Waals surface area contributed by atoms with Gasteiger partial charge in [-0.15, -0.1) is 0 Å². The average molecular weight is 287 g/mol. The number of nitrogens with two attached hydrogens (primary N) is 1. The number of amidine groups is 1. The van der Waals surface area contributed by atoms with E-state index in [0.717, 1.165) is 28.4 Å². The molecule has 2 aromatic rings. The fourth-order valence-electron chi connectivity index (χ4n) is 1.74. The summed E-state index contributed by atoms with van der Waals surface area (Å²) in [5.41, 5.74) is 8.49. The molecule has 0 fully saturated rings. The molecule has 0 aliphatic rings. The minimum absolute atomic E-state index is 0.572. The van der Waals surface area contributed by atoms with Crippen LogP contribution in [-0.2, 0) is 0 Å². The van der Waals surface area contributed by atoms with Crippen LogP contribution in [0.25, 0.3) is 11.3 Å². The summed E-state index contributed by atoms with van der Waals surface area (Å²) in [5, 5.41) is 0.572. The molecule has 0 saturated carbocycles. The van der Waals surface area contributed by atoms with Crippen LogP contribution in [-0.4, -0.2) is 23.0 Å². The highest BCUT2D eigenvalue weighted by Crippen LogP contribution is 2.25. The van der Waals surface area contributed by atoms with Crippen LogP contribution in [0.1, 0.15) is 6.92 Å². The number of benzene rings is 1. The molecule has 5 heteroatoms. The van der Waals surface area contributed by atoms with Gasteiger partial charge in [-0.2, -0.15) is 0 Å². The highest BCUT2D eigenvalue weighted by molar-refractivity contribution is 8.13. The fourth-order valence-corrected chi connectivity index (χ4v) is 2.20. The van der Waals surface area contributed by atoms with E-state index in [0.29, 0.717) is 5.17 Å². The van der Waals surface area contributed by atoms with Crippen molar-refractivity contribution in [1.82, 2.24) is 4.98 Å². The number of thioether (sulfide) groups is 1. The summed E-state index contributed by atoms with van der Waals surface area (Å²) < 4.78 is 5.21. The number of aliphatic imine (C=N–C) groups is 1. The second-order valence-electron chi connectivity index (χ2n) is 4.01. The largest absolute Gasteiger partial charge is 0.497 e. The van der Waals surface area contributed by atoms with Crippen molar-refractivity contribution in [1.29, 1.82) is 0 Å². The van der Waals surface area contributed by atoms with Crippen LogP contribution in [0.5, 0.6) is 5.75 Å². The Morgan fingerprint density at radius 2 is 2.20 bits per heavy atom. The van der Waals surface area contributed by atoms with Crippen molar-refractivity contribution in [2.45, 2.75) is 6.92 Å². The standard InChI is InChI=1S/C15H17N3OS/c1-3-20-15(16)18-12-6-4-5-11(9-12)14-10-13(19-2)7-8-17-14/h4-10H,3H2,1-2H3,(H2,16,18). The summed E-state index contributed by atoms with van der Waals surface area (Å²) in [6.07, 6.45) is 1.73. The SMILES string of the molecule is CCSC(N)=Nc1cccc(-c2cc(OC)ccn2)c1. The third-order valence-electron chi connectivity index (χ3n) is 2.64. The van der Waals surface area contributed by atoms with Crippen molar-refractivity contribution in [2.75, 3.05) is 12.9 Å². The van der Waals surface area contributed by atoms with E-state index in [2.05, 4.69) is 9.98 Å². The Hall–Kier alpha value is -2.01. The zero-order valence-electron chi connectivity index (χ0n) is 11.5. The zero-order valence-corrected chi connectivity index (χ0v) is 12.4.